The van der Waals surface area contributed by atoms with Crippen molar-refractivity contribution in [3.05, 3.63) is 65.7 Å². The maximum Gasteiger partial charge on any atom is 0.253 e. The van der Waals surface area contributed by atoms with Gasteiger partial charge in [0.05, 0.1) is 6.04 Å². The fourth-order valence-electron chi connectivity index (χ4n) is 2.08. The van der Waals surface area contributed by atoms with Gasteiger partial charge in [0.25, 0.3) is 5.91 Å². The first kappa shape index (κ1) is 16.0. The van der Waals surface area contributed by atoms with Crippen molar-refractivity contribution in [1.29, 1.82) is 0 Å². The van der Waals surface area contributed by atoms with Gasteiger partial charge in [-0.25, -0.2) is 0 Å². The lowest BCUT2D eigenvalue weighted by molar-refractivity contribution is -0.130. The molecule has 2 rings (SSSR count). The van der Waals surface area contributed by atoms with Crippen LogP contribution in [0.3, 0.4) is 0 Å². The van der Waals surface area contributed by atoms with E-state index in [1.54, 1.807) is 24.3 Å². The molecule has 0 bridgehead atoms. The number of amides is 1. The Labute approximate surface area is 130 Å². The molecule has 0 spiro atoms. The molecule has 0 radical (unpaired) electrons. The van der Waals surface area contributed by atoms with Crippen LogP contribution in [-0.4, -0.2) is 23.7 Å². The average molecular weight is 299 g/mol. The molecule has 116 valence electrons. The number of benzene rings is 2. The molecular weight excluding hydrogens is 278 g/mol. The Bertz CT molecular complexity index is 613. The van der Waals surface area contributed by atoms with E-state index in [0.717, 1.165) is 11.3 Å². The van der Waals surface area contributed by atoms with Crippen LogP contribution in [-0.2, 0) is 4.79 Å². The van der Waals surface area contributed by atoms with Crippen LogP contribution >= 0.6 is 0 Å². The highest BCUT2D eigenvalue weighted by Crippen LogP contribution is 2.14. The van der Waals surface area contributed by atoms with Crippen molar-refractivity contribution >= 4 is 5.91 Å². The molecule has 0 aliphatic carbocycles. The van der Waals surface area contributed by atoms with E-state index in [4.69, 9.17) is 4.74 Å². The molecule has 0 aliphatic rings. The van der Waals surface area contributed by atoms with Gasteiger partial charge in [0.15, 0.2) is 6.10 Å². The van der Waals surface area contributed by atoms with Crippen LogP contribution in [0.4, 0.5) is 0 Å². The first-order valence-corrected chi connectivity index (χ1v) is 7.29. The van der Waals surface area contributed by atoms with E-state index in [-0.39, 0.29) is 6.04 Å². The van der Waals surface area contributed by atoms with E-state index >= 15 is 0 Å². The molecule has 0 aromatic heterocycles. The van der Waals surface area contributed by atoms with Crippen LogP contribution in [0.15, 0.2) is 54.6 Å². The van der Waals surface area contributed by atoms with Gasteiger partial charge in [-0.15, -0.1) is 0 Å². The van der Waals surface area contributed by atoms with Crippen molar-refractivity contribution in [2.45, 2.75) is 26.0 Å². The monoisotopic (exact) mass is 299 g/mol. The number of hydrogen-bond donors (Lipinski definition) is 2. The van der Waals surface area contributed by atoms with Crippen LogP contribution in [0.2, 0.25) is 0 Å². The lowest BCUT2D eigenvalue weighted by Gasteiger charge is -2.18. The number of ether oxygens (including phenoxy) is 1. The average Bonchev–Trinajstić information content (AvgIpc) is 2.53. The third-order valence-electron chi connectivity index (χ3n) is 3.24. The maximum atomic E-state index is 12.0. The highest BCUT2D eigenvalue weighted by Gasteiger charge is 2.18. The molecule has 2 unspecified atom stereocenters. The lowest BCUT2D eigenvalue weighted by Crippen LogP contribution is -2.39. The van der Waals surface area contributed by atoms with Crippen LogP contribution in [0, 0.1) is 6.92 Å². The van der Waals surface area contributed by atoms with Crippen LogP contribution in [0.25, 0.3) is 0 Å². The zero-order valence-electron chi connectivity index (χ0n) is 12.8. The van der Waals surface area contributed by atoms with E-state index in [9.17, 15) is 9.90 Å². The fraction of sp³-hybridized carbons (Fsp3) is 0.278. The Balaban J connectivity index is 1.84. The minimum absolute atomic E-state index is 0.202. The van der Waals surface area contributed by atoms with Crippen LogP contribution < -0.4 is 10.1 Å². The molecule has 2 N–H and O–H groups in total. The number of rotatable bonds is 6. The van der Waals surface area contributed by atoms with E-state index in [1.165, 1.54) is 0 Å². The van der Waals surface area contributed by atoms with Crippen molar-refractivity contribution in [2.24, 2.45) is 0 Å². The molecule has 2 aromatic rings. The van der Waals surface area contributed by atoms with Gasteiger partial charge in [-0.05, 0) is 37.1 Å². The third kappa shape index (κ3) is 4.60. The fourth-order valence-corrected chi connectivity index (χ4v) is 2.08. The zero-order valence-corrected chi connectivity index (χ0v) is 12.8. The quantitative estimate of drug-likeness (QED) is 0.862. The summed E-state index contributed by atoms with van der Waals surface area (Å²) in [5.74, 6) is 0.344. The molecule has 0 aliphatic heterocycles. The smallest absolute Gasteiger partial charge is 0.253 e. The molecule has 1 amide bonds. The van der Waals surface area contributed by atoms with Crippen LogP contribution in [0.5, 0.6) is 5.75 Å². The Morgan fingerprint density at radius 1 is 1.18 bits per heavy atom. The lowest BCUT2D eigenvalue weighted by atomic mass is 10.1. The molecule has 4 heteroatoms. The predicted molar refractivity (Wildman–Crippen MR) is 85.7 cm³/mol. The number of carbonyl (C=O) groups is 1. The van der Waals surface area contributed by atoms with E-state index < -0.39 is 12.0 Å². The summed E-state index contributed by atoms with van der Waals surface area (Å²) in [6, 6.07) is 16.4. The van der Waals surface area contributed by atoms with Gasteiger partial charge in [-0.2, -0.15) is 0 Å². The molecule has 2 atom stereocenters. The van der Waals surface area contributed by atoms with E-state index in [2.05, 4.69) is 5.32 Å². The van der Waals surface area contributed by atoms with Crippen molar-refractivity contribution in [2.75, 3.05) is 6.61 Å². The van der Waals surface area contributed by atoms with Crippen LogP contribution in [0.1, 0.15) is 24.2 Å². The maximum absolute atomic E-state index is 12.0. The van der Waals surface area contributed by atoms with E-state index in [1.807, 2.05) is 44.2 Å². The van der Waals surface area contributed by atoms with Gasteiger partial charge in [-0.1, -0.05) is 42.5 Å². The van der Waals surface area contributed by atoms with Crippen molar-refractivity contribution in [3.63, 3.8) is 0 Å². The molecule has 0 saturated carbocycles. The number of aliphatic hydroxyl groups is 1. The molecule has 0 fully saturated rings. The van der Waals surface area contributed by atoms with Crippen molar-refractivity contribution < 1.29 is 14.6 Å². The predicted octanol–water partition coefficient (Wildman–Crippen LogP) is 2.61. The Morgan fingerprint density at radius 3 is 2.59 bits per heavy atom. The van der Waals surface area contributed by atoms with Gasteiger partial charge < -0.3 is 15.2 Å². The highest BCUT2D eigenvalue weighted by molar-refractivity contribution is 5.82. The normalized spacial score (nSPS) is 13.2. The van der Waals surface area contributed by atoms with Crippen molar-refractivity contribution in [1.82, 2.24) is 5.32 Å². The zero-order chi connectivity index (χ0) is 15.9. The molecule has 0 saturated heterocycles. The van der Waals surface area contributed by atoms with Gasteiger partial charge in [0.1, 0.15) is 12.4 Å². The minimum atomic E-state index is -1.16. The molecule has 4 nitrogen and oxygen atoms in total. The largest absolute Gasteiger partial charge is 0.491 e. The summed E-state index contributed by atoms with van der Waals surface area (Å²) in [6.45, 7) is 4.18. The SMILES string of the molecule is Cc1cccc(OCC(C)NC(=O)C(O)c2ccccc2)c1. The number of nitrogens with one attached hydrogen (secondary N) is 1. The Morgan fingerprint density at radius 2 is 1.91 bits per heavy atom. The minimum Gasteiger partial charge on any atom is -0.491 e. The molecule has 2 aromatic carbocycles. The summed E-state index contributed by atoms with van der Waals surface area (Å²) in [4.78, 5) is 12.0. The van der Waals surface area contributed by atoms with Gasteiger partial charge in [0.2, 0.25) is 0 Å². The second-order valence-corrected chi connectivity index (χ2v) is 5.35. The topological polar surface area (TPSA) is 58.6 Å². The first-order valence-electron chi connectivity index (χ1n) is 7.29. The summed E-state index contributed by atoms with van der Waals surface area (Å²) in [7, 11) is 0. The van der Waals surface area contributed by atoms with Crippen molar-refractivity contribution in [3.8, 4) is 5.75 Å². The first-order chi connectivity index (χ1) is 10.6. The van der Waals surface area contributed by atoms with Gasteiger partial charge in [0, 0.05) is 0 Å². The summed E-state index contributed by atoms with van der Waals surface area (Å²) in [6.07, 6.45) is -1.16. The van der Waals surface area contributed by atoms with Gasteiger partial charge in [-0.3, -0.25) is 4.79 Å². The van der Waals surface area contributed by atoms with Gasteiger partial charge >= 0.3 is 0 Å². The standard InChI is InChI=1S/C18H21NO3/c1-13-7-6-10-16(11-13)22-12-14(2)19-18(21)17(20)15-8-4-3-5-9-15/h3-11,14,17,20H,12H2,1-2H3,(H,19,21). The summed E-state index contributed by atoms with van der Waals surface area (Å²) in [5, 5.41) is 12.8. The van der Waals surface area contributed by atoms with E-state index in [0.29, 0.717) is 12.2 Å². The second-order valence-electron chi connectivity index (χ2n) is 5.35. The molecule has 22 heavy (non-hydrogen) atoms. The summed E-state index contributed by atoms with van der Waals surface area (Å²) >= 11 is 0. The summed E-state index contributed by atoms with van der Waals surface area (Å²) in [5.41, 5.74) is 1.69. The number of aryl methyl sites for hydroxylation is 1. The number of hydrogen-bond acceptors (Lipinski definition) is 3. The highest BCUT2D eigenvalue weighted by atomic mass is 16.5. The third-order valence-corrected chi connectivity index (χ3v) is 3.24. The Hall–Kier alpha value is -2.33. The molecule has 0 heterocycles. The second kappa shape index (κ2) is 7.61. The Kier molecular flexibility index (Phi) is 5.55. The summed E-state index contributed by atoms with van der Waals surface area (Å²) < 4.78 is 5.64. The number of carbonyl (C=O) groups excluding carboxylic acids is 1. The number of aliphatic hydroxyl groups excluding tert-OH is 1. The molecular formula is C18H21NO3.